The largest absolute Gasteiger partial charge is 0.416 e. The number of anilines is 1. The molecular formula is C28H34F3N5O2S. The van der Waals surface area contributed by atoms with E-state index >= 15 is 0 Å². The fourth-order valence-corrected chi connectivity index (χ4v) is 7.47. The fourth-order valence-electron chi connectivity index (χ4n) is 5.75. The second kappa shape index (κ2) is 9.92. The average molecular weight is 562 g/mol. The number of alkyl halides is 3. The van der Waals surface area contributed by atoms with Gasteiger partial charge in [0.05, 0.1) is 22.7 Å². The maximum absolute atomic E-state index is 14.2. The van der Waals surface area contributed by atoms with Crippen molar-refractivity contribution in [1.29, 1.82) is 0 Å². The summed E-state index contributed by atoms with van der Waals surface area (Å²) in [7, 11) is -2.33. The number of aryl methyl sites for hydroxylation is 1. The minimum absolute atomic E-state index is 0.193. The standard InChI is InChI=1S/C28H34F3N5O2S/c1-19-7-6-10-35(15-19)16-20-11-24(28(29,30)31)23-17-36(39(37,38)25(23)12-20)22-9-5-8-21(13-22)27(2,3)14-26-33-32-18-34(26)4/h5,8-9,11-13,18-19H,6-7,10,14-17H2,1-4H3/t19-/m0/s1. The number of benzene rings is 2. The van der Waals surface area contributed by atoms with Crippen LogP contribution in [0.4, 0.5) is 18.9 Å². The van der Waals surface area contributed by atoms with Crippen LogP contribution in [0.25, 0.3) is 0 Å². The Balaban J connectivity index is 1.50. The number of likely N-dealkylation sites (tertiary alicyclic amines) is 1. The van der Waals surface area contributed by atoms with Gasteiger partial charge in [0.25, 0.3) is 10.0 Å². The molecule has 11 heteroatoms. The molecule has 39 heavy (non-hydrogen) atoms. The molecule has 0 amide bonds. The molecule has 7 nitrogen and oxygen atoms in total. The summed E-state index contributed by atoms with van der Waals surface area (Å²) >= 11 is 0. The second-order valence-electron chi connectivity index (χ2n) is 11.6. The molecule has 3 heterocycles. The average Bonchev–Trinajstić information content (AvgIpc) is 3.37. The lowest BCUT2D eigenvalue weighted by Crippen LogP contribution is -2.33. The van der Waals surface area contributed by atoms with Gasteiger partial charge < -0.3 is 4.57 Å². The summed E-state index contributed by atoms with van der Waals surface area (Å²) < 4.78 is 73.1. The molecule has 0 aliphatic carbocycles. The van der Waals surface area contributed by atoms with Crippen LogP contribution in [-0.2, 0) is 48.2 Å². The highest BCUT2D eigenvalue weighted by molar-refractivity contribution is 7.93. The van der Waals surface area contributed by atoms with Gasteiger partial charge >= 0.3 is 6.18 Å². The number of sulfonamides is 1. The zero-order valence-electron chi connectivity index (χ0n) is 22.7. The first-order chi connectivity index (χ1) is 18.3. The molecular weight excluding hydrogens is 527 g/mol. The van der Waals surface area contributed by atoms with Crippen molar-refractivity contribution in [3.8, 4) is 0 Å². The topological polar surface area (TPSA) is 71.3 Å². The number of hydrogen-bond donors (Lipinski definition) is 0. The lowest BCUT2D eigenvalue weighted by molar-refractivity contribution is -0.138. The zero-order chi connectivity index (χ0) is 28.2. The highest BCUT2D eigenvalue weighted by Crippen LogP contribution is 2.43. The van der Waals surface area contributed by atoms with Gasteiger partial charge in [-0.25, -0.2) is 8.42 Å². The van der Waals surface area contributed by atoms with Gasteiger partial charge in [-0.3, -0.25) is 9.21 Å². The van der Waals surface area contributed by atoms with E-state index in [0.29, 0.717) is 30.1 Å². The third-order valence-electron chi connectivity index (χ3n) is 7.91. The molecule has 210 valence electrons. The van der Waals surface area contributed by atoms with Crippen molar-refractivity contribution in [2.75, 3.05) is 17.4 Å². The SMILES string of the molecule is C[C@H]1CCCN(Cc2cc(C(F)(F)F)c3c(c2)S(=O)(=O)N(c2cccc(C(C)(C)Cc4nncn4C)c2)C3)C1. The van der Waals surface area contributed by atoms with E-state index in [4.69, 9.17) is 0 Å². The Bertz CT molecular complexity index is 1480. The molecule has 5 rings (SSSR count). The number of nitrogens with zero attached hydrogens (tertiary/aromatic N) is 5. The van der Waals surface area contributed by atoms with Crippen LogP contribution in [0.3, 0.4) is 0 Å². The van der Waals surface area contributed by atoms with Crippen molar-refractivity contribution in [3.05, 3.63) is 70.8 Å². The van der Waals surface area contributed by atoms with Crippen LogP contribution < -0.4 is 4.31 Å². The van der Waals surface area contributed by atoms with Crippen LogP contribution >= 0.6 is 0 Å². The number of aromatic nitrogens is 3. The lowest BCUT2D eigenvalue weighted by Gasteiger charge is -2.31. The summed E-state index contributed by atoms with van der Waals surface area (Å²) in [5, 5.41) is 8.09. The molecule has 3 aromatic rings. The Hall–Kier alpha value is -2.92. The molecule has 1 fully saturated rings. The maximum atomic E-state index is 14.2. The van der Waals surface area contributed by atoms with Crippen LogP contribution in [-0.4, -0.2) is 41.2 Å². The lowest BCUT2D eigenvalue weighted by atomic mass is 9.81. The van der Waals surface area contributed by atoms with E-state index in [1.807, 2.05) is 31.5 Å². The zero-order valence-corrected chi connectivity index (χ0v) is 23.5. The third kappa shape index (κ3) is 5.43. The van der Waals surface area contributed by atoms with Crippen LogP contribution in [0.15, 0.2) is 47.6 Å². The van der Waals surface area contributed by atoms with E-state index in [-0.39, 0.29) is 17.0 Å². The van der Waals surface area contributed by atoms with Crippen molar-refractivity contribution in [2.45, 2.75) is 69.6 Å². The number of fused-ring (bicyclic) bond motifs is 1. The Morgan fingerprint density at radius 2 is 1.90 bits per heavy atom. The molecule has 1 aromatic heterocycles. The van der Waals surface area contributed by atoms with E-state index in [1.54, 1.807) is 24.5 Å². The van der Waals surface area contributed by atoms with Crippen molar-refractivity contribution < 1.29 is 21.6 Å². The van der Waals surface area contributed by atoms with Crippen LogP contribution in [0.5, 0.6) is 0 Å². The van der Waals surface area contributed by atoms with Crippen LogP contribution in [0.1, 0.15) is 61.7 Å². The third-order valence-corrected chi connectivity index (χ3v) is 9.75. The summed E-state index contributed by atoms with van der Waals surface area (Å²) in [4.78, 5) is 1.86. The minimum Gasteiger partial charge on any atom is -0.321 e. The second-order valence-corrected chi connectivity index (χ2v) is 13.4. The fraction of sp³-hybridized carbons (Fsp3) is 0.500. The summed E-state index contributed by atoms with van der Waals surface area (Å²) in [5.41, 5.74) is 0.0775. The number of piperidine rings is 1. The van der Waals surface area contributed by atoms with Gasteiger partial charge in [0.1, 0.15) is 12.2 Å². The van der Waals surface area contributed by atoms with E-state index < -0.39 is 27.2 Å². The number of rotatable bonds is 6. The first-order valence-electron chi connectivity index (χ1n) is 13.2. The van der Waals surface area contributed by atoms with Crippen molar-refractivity contribution in [3.63, 3.8) is 0 Å². The smallest absolute Gasteiger partial charge is 0.321 e. The molecule has 0 radical (unpaired) electrons. The van der Waals surface area contributed by atoms with E-state index in [0.717, 1.165) is 47.7 Å². The Morgan fingerprint density at radius 1 is 1.13 bits per heavy atom. The van der Waals surface area contributed by atoms with Gasteiger partial charge in [-0.05, 0) is 66.1 Å². The summed E-state index contributed by atoms with van der Waals surface area (Å²) in [6.07, 6.45) is -0.425. The summed E-state index contributed by atoms with van der Waals surface area (Å²) in [6, 6.07) is 9.61. The van der Waals surface area contributed by atoms with Crippen molar-refractivity contribution >= 4 is 15.7 Å². The Labute approximate surface area is 227 Å². The predicted octanol–water partition coefficient (Wildman–Crippen LogP) is 5.30. The molecule has 0 spiro atoms. The minimum atomic E-state index is -4.67. The predicted molar refractivity (Wildman–Crippen MR) is 143 cm³/mol. The van der Waals surface area contributed by atoms with Gasteiger partial charge in [-0.1, -0.05) is 32.9 Å². The highest BCUT2D eigenvalue weighted by atomic mass is 32.2. The van der Waals surface area contributed by atoms with E-state index in [2.05, 4.69) is 22.0 Å². The molecule has 1 atom stereocenters. The van der Waals surface area contributed by atoms with Gasteiger partial charge in [0.15, 0.2) is 0 Å². The van der Waals surface area contributed by atoms with Crippen LogP contribution in [0.2, 0.25) is 0 Å². The van der Waals surface area contributed by atoms with Gasteiger partial charge in [-0.2, -0.15) is 13.2 Å². The summed E-state index contributed by atoms with van der Waals surface area (Å²) in [5.74, 6) is 1.23. The Kier molecular flexibility index (Phi) is 7.03. The normalized spacial score (nSPS) is 19.9. The van der Waals surface area contributed by atoms with Crippen molar-refractivity contribution in [2.24, 2.45) is 13.0 Å². The van der Waals surface area contributed by atoms with E-state index in [1.165, 1.54) is 6.07 Å². The van der Waals surface area contributed by atoms with Gasteiger partial charge in [0, 0.05) is 32.1 Å². The summed E-state index contributed by atoms with van der Waals surface area (Å²) in [6.45, 7) is 7.67. The molecule has 0 bridgehead atoms. The molecule has 0 unspecified atom stereocenters. The van der Waals surface area contributed by atoms with Gasteiger partial charge in [0.2, 0.25) is 0 Å². The molecule has 1 saturated heterocycles. The molecule has 0 N–H and O–H groups in total. The number of halogens is 3. The molecule has 2 aliphatic rings. The first-order valence-corrected chi connectivity index (χ1v) is 14.6. The van der Waals surface area contributed by atoms with E-state index in [9.17, 15) is 21.6 Å². The molecule has 0 saturated carbocycles. The molecule has 2 aliphatic heterocycles. The molecule has 2 aromatic carbocycles. The highest BCUT2D eigenvalue weighted by Gasteiger charge is 2.44. The Morgan fingerprint density at radius 3 is 2.56 bits per heavy atom. The quantitative estimate of drug-likeness (QED) is 0.409. The monoisotopic (exact) mass is 561 g/mol. The maximum Gasteiger partial charge on any atom is 0.416 e. The van der Waals surface area contributed by atoms with Crippen LogP contribution in [0, 0.1) is 5.92 Å². The number of hydrogen-bond acceptors (Lipinski definition) is 5. The first kappa shape index (κ1) is 27.6. The van der Waals surface area contributed by atoms with Gasteiger partial charge in [-0.15, -0.1) is 10.2 Å². The van der Waals surface area contributed by atoms with Crippen molar-refractivity contribution in [1.82, 2.24) is 19.7 Å².